The number of rotatable bonds is 4. The molecule has 3 nitrogen and oxygen atoms in total. The van der Waals surface area contributed by atoms with Gasteiger partial charge in [-0.25, -0.2) is 8.78 Å². The Labute approximate surface area is 138 Å². The van der Waals surface area contributed by atoms with Gasteiger partial charge in [-0.3, -0.25) is 4.90 Å². The van der Waals surface area contributed by atoms with Gasteiger partial charge in [0.2, 0.25) is 6.43 Å². The first-order valence-corrected chi connectivity index (χ1v) is 7.15. The van der Waals surface area contributed by atoms with Crippen LogP contribution in [0.5, 0.6) is 5.75 Å². The maximum atomic E-state index is 12.9. The number of nitrogens with one attached hydrogen (secondary N) is 1. The zero-order valence-corrected chi connectivity index (χ0v) is 13.5. The van der Waals surface area contributed by atoms with Crippen molar-refractivity contribution in [2.75, 3.05) is 26.2 Å². The fraction of sp³-hybridized carbons (Fsp3) is 0.538. The second-order valence-electron chi connectivity index (χ2n) is 4.75. The van der Waals surface area contributed by atoms with Crippen LogP contribution in [0.2, 0.25) is 10.0 Å². The molecule has 1 saturated heterocycles. The Hall–Kier alpha value is -0.330. The highest BCUT2D eigenvalue weighted by molar-refractivity contribution is 6.35. The summed E-state index contributed by atoms with van der Waals surface area (Å²) in [6, 6.07) is 2.20. The molecule has 1 atom stereocenters. The Balaban J connectivity index is 0.00000220. The fourth-order valence-corrected chi connectivity index (χ4v) is 3.12. The zero-order valence-electron chi connectivity index (χ0n) is 11.2. The van der Waals surface area contributed by atoms with E-state index in [4.69, 9.17) is 23.2 Å². The van der Waals surface area contributed by atoms with E-state index in [0.717, 1.165) is 13.1 Å². The highest BCUT2D eigenvalue weighted by atomic mass is 35.5. The van der Waals surface area contributed by atoms with Gasteiger partial charge >= 0.3 is 0 Å². The highest BCUT2D eigenvalue weighted by Gasteiger charge is 2.29. The number of hydrogen-bond donors (Lipinski definition) is 2. The summed E-state index contributed by atoms with van der Waals surface area (Å²) in [4.78, 5) is 1.91. The summed E-state index contributed by atoms with van der Waals surface area (Å²) in [5.74, 6) is -0.133. The van der Waals surface area contributed by atoms with Crippen LogP contribution in [-0.4, -0.2) is 42.6 Å². The lowest BCUT2D eigenvalue weighted by molar-refractivity contribution is 0.0730. The maximum absolute atomic E-state index is 12.9. The van der Waals surface area contributed by atoms with Crippen molar-refractivity contribution in [3.63, 3.8) is 0 Å². The van der Waals surface area contributed by atoms with Crippen molar-refractivity contribution in [3.05, 3.63) is 27.7 Å². The Morgan fingerprint density at radius 2 is 1.86 bits per heavy atom. The van der Waals surface area contributed by atoms with Gasteiger partial charge in [0, 0.05) is 49.2 Å². The Morgan fingerprint density at radius 1 is 1.24 bits per heavy atom. The number of benzene rings is 1. The number of alkyl halides is 2. The van der Waals surface area contributed by atoms with Crippen molar-refractivity contribution in [2.45, 2.75) is 18.9 Å². The van der Waals surface area contributed by atoms with Gasteiger partial charge in [-0.2, -0.15) is 0 Å². The Morgan fingerprint density at radius 3 is 2.38 bits per heavy atom. The van der Waals surface area contributed by atoms with Crippen LogP contribution in [0, 0.1) is 0 Å². The topological polar surface area (TPSA) is 35.5 Å². The lowest BCUT2D eigenvalue weighted by Gasteiger charge is -2.35. The van der Waals surface area contributed by atoms with Gasteiger partial charge in [0.05, 0.1) is 5.02 Å². The minimum absolute atomic E-state index is 0. The summed E-state index contributed by atoms with van der Waals surface area (Å²) < 4.78 is 25.8. The molecule has 120 valence electrons. The third-order valence-corrected chi connectivity index (χ3v) is 3.93. The lowest BCUT2D eigenvalue weighted by Crippen LogP contribution is -2.45. The molecule has 0 aliphatic carbocycles. The molecule has 0 aromatic heterocycles. The van der Waals surface area contributed by atoms with E-state index < -0.39 is 12.5 Å². The molecule has 8 heteroatoms. The highest BCUT2D eigenvalue weighted by Crippen LogP contribution is 2.40. The molecule has 0 spiro atoms. The van der Waals surface area contributed by atoms with Gasteiger partial charge < -0.3 is 10.4 Å². The number of aromatic hydroxyl groups is 1. The first-order valence-electron chi connectivity index (χ1n) is 6.40. The predicted molar refractivity (Wildman–Crippen MR) is 83.2 cm³/mol. The van der Waals surface area contributed by atoms with Crippen LogP contribution in [0.4, 0.5) is 8.78 Å². The molecule has 1 heterocycles. The first kappa shape index (κ1) is 18.7. The van der Waals surface area contributed by atoms with Crippen molar-refractivity contribution in [3.8, 4) is 5.75 Å². The van der Waals surface area contributed by atoms with Crippen molar-refractivity contribution in [1.82, 2.24) is 10.2 Å². The summed E-state index contributed by atoms with van der Waals surface area (Å²) in [7, 11) is 0. The summed E-state index contributed by atoms with van der Waals surface area (Å²) in [6.45, 7) is 2.73. The van der Waals surface area contributed by atoms with Gasteiger partial charge in [-0.1, -0.05) is 23.2 Å². The van der Waals surface area contributed by atoms with Gasteiger partial charge in [-0.05, 0) is 12.1 Å². The normalized spacial score (nSPS) is 17.6. The van der Waals surface area contributed by atoms with Gasteiger partial charge in [0.1, 0.15) is 5.75 Å². The number of piperazine rings is 1. The number of phenols is 1. The second-order valence-corrected chi connectivity index (χ2v) is 5.59. The van der Waals surface area contributed by atoms with E-state index in [1.807, 2.05) is 4.90 Å². The second kappa shape index (κ2) is 8.34. The van der Waals surface area contributed by atoms with Crippen LogP contribution in [0.1, 0.15) is 18.0 Å². The number of phenolic OH excluding ortho intramolecular Hbond substituents is 1. The number of hydrogen-bond acceptors (Lipinski definition) is 3. The van der Waals surface area contributed by atoms with E-state index >= 15 is 0 Å². The van der Waals surface area contributed by atoms with Crippen molar-refractivity contribution in [2.24, 2.45) is 0 Å². The number of halogens is 5. The molecule has 0 unspecified atom stereocenters. The van der Waals surface area contributed by atoms with E-state index in [9.17, 15) is 13.9 Å². The lowest BCUT2D eigenvalue weighted by atomic mass is 10.00. The molecule has 2 rings (SSSR count). The quantitative estimate of drug-likeness (QED) is 0.858. The largest absolute Gasteiger partial charge is 0.508 e. The molecule has 0 bridgehead atoms. The van der Waals surface area contributed by atoms with Crippen LogP contribution in [0.25, 0.3) is 0 Å². The average Bonchev–Trinajstić information content (AvgIpc) is 2.37. The SMILES string of the molecule is Cl.Oc1cc(Cl)cc(Cl)c1[C@H](CC(F)F)N1CCNCC1. The van der Waals surface area contributed by atoms with E-state index in [-0.39, 0.29) is 34.6 Å². The van der Waals surface area contributed by atoms with Crippen LogP contribution < -0.4 is 5.32 Å². The minimum Gasteiger partial charge on any atom is -0.508 e. The summed E-state index contributed by atoms with van der Waals surface area (Å²) in [5, 5.41) is 13.7. The van der Waals surface area contributed by atoms with Crippen molar-refractivity contribution in [1.29, 1.82) is 0 Å². The van der Waals surface area contributed by atoms with E-state index in [1.54, 1.807) is 0 Å². The zero-order chi connectivity index (χ0) is 14.7. The van der Waals surface area contributed by atoms with Crippen molar-refractivity contribution < 1.29 is 13.9 Å². The fourth-order valence-electron chi connectivity index (χ4n) is 2.51. The van der Waals surface area contributed by atoms with E-state index in [0.29, 0.717) is 18.7 Å². The van der Waals surface area contributed by atoms with E-state index in [1.165, 1.54) is 12.1 Å². The molecule has 1 fully saturated rings. The molecule has 1 aliphatic heterocycles. The smallest absolute Gasteiger partial charge is 0.240 e. The molecule has 1 aromatic rings. The van der Waals surface area contributed by atoms with Crippen molar-refractivity contribution >= 4 is 35.6 Å². The van der Waals surface area contributed by atoms with Gasteiger partial charge in [0.25, 0.3) is 0 Å². The molecule has 21 heavy (non-hydrogen) atoms. The third kappa shape index (κ3) is 4.83. The van der Waals surface area contributed by atoms with Crippen LogP contribution in [0.15, 0.2) is 12.1 Å². The summed E-state index contributed by atoms with van der Waals surface area (Å²) in [6.07, 6.45) is -2.84. The molecular formula is C13H17Cl3F2N2O. The molecule has 1 aliphatic rings. The molecule has 2 N–H and O–H groups in total. The number of nitrogens with zero attached hydrogens (tertiary/aromatic N) is 1. The first-order chi connectivity index (χ1) is 9.49. The molecule has 0 amide bonds. The minimum atomic E-state index is -2.47. The maximum Gasteiger partial charge on any atom is 0.240 e. The van der Waals surface area contributed by atoms with Gasteiger partial charge in [0.15, 0.2) is 0 Å². The monoisotopic (exact) mass is 360 g/mol. The third-order valence-electron chi connectivity index (χ3n) is 3.40. The van der Waals surface area contributed by atoms with Crippen LogP contribution in [-0.2, 0) is 0 Å². The Kier molecular flexibility index (Phi) is 7.44. The summed E-state index contributed by atoms with van der Waals surface area (Å²) >= 11 is 11.9. The molecular weight excluding hydrogens is 345 g/mol. The van der Waals surface area contributed by atoms with E-state index in [2.05, 4.69) is 5.32 Å². The summed E-state index contributed by atoms with van der Waals surface area (Å²) in [5.41, 5.74) is 0.332. The van der Waals surface area contributed by atoms with Crippen LogP contribution in [0.3, 0.4) is 0 Å². The van der Waals surface area contributed by atoms with Gasteiger partial charge in [-0.15, -0.1) is 12.4 Å². The average molecular weight is 362 g/mol. The Bertz CT molecular complexity index is 448. The molecule has 0 saturated carbocycles. The van der Waals surface area contributed by atoms with Crippen LogP contribution >= 0.6 is 35.6 Å². The standard InChI is InChI=1S/C13H16Cl2F2N2O.ClH/c14-8-5-9(15)13(11(20)6-8)10(7-12(16)17)19-3-1-18-2-4-19;/h5-6,10,12,18,20H,1-4,7H2;1H/t10-;/m0./s1. The predicted octanol–water partition coefficient (Wildman–Crippen LogP) is 3.72. The molecule has 1 aromatic carbocycles. The molecule has 0 radical (unpaired) electrons.